The summed E-state index contributed by atoms with van der Waals surface area (Å²) in [6, 6.07) is 3.71. The molecule has 0 saturated heterocycles. The van der Waals surface area contributed by atoms with Gasteiger partial charge < -0.3 is 10.8 Å². The van der Waals surface area contributed by atoms with Crippen molar-refractivity contribution in [3.05, 3.63) is 24.0 Å². The molecule has 2 atom stereocenters. The summed E-state index contributed by atoms with van der Waals surface area (Å²) >= 11 is 0. The first-order chi connectivity index (χ1) is 6.50. The fourth-order valence-electron chi connectivity index (χ4n) is 1.01. The third-order valence-corrected chi connectivity index (χ3v) is 3.24. The number of rotatable bonds is 3. The summed E-state index contributed by atoms with van der Waals surface area (Å²) < 4.78 is 24.3. The number of anilines is 1. The highest BCUT2D eigenvalue weighted by Gasteiger charge is 2.11. The maximum Gasteiger partial charge on any atom is 0.124 e. The van der Waals surface area contributed by atoms with E-state index in [1.165, 1.54) is 19.1 Å². The van der Waals surface area contributed by atoms with E-state index in [1.54, 1.807) is 0 Å². The van der Waals surface area contributed by atoms with Gasteiger partial charge in [-0.05, 0) is 25.1 Å². The predicted octanol–water partition coefficient (Wildman–Crippen LogP) is 0.896. The van der Waals surface area contributed by atoms with Gasteiger partial charge >= 0.3 is 0 Å². The summed E-state index contributed by atoms with van der Waals surface area (Å²) in [5.74, 6) is -0.415. The van der Waals surface area contributed by atoms with Crippen LogP contribution in [0.4, 0.5) is 10.1 Å². The van der Waals surface area contributed by atoms with Crippen molar-refractivity contribution < 1.29 is 13.7 Å². The van der Waals surface area contributed by atoms with Crippen molar-refractivity contribution in [3.8, 4) is 0 Å². The topological polar surface area (TPSA) is 63.3 Å². The van der Waals surface area contributed by atoms with Gasteiger partial charge in [0, 0.05) is 5.69 Å². The summed E-state index contributed by atoms with van der Waals surface area (Å²) in [4.78, 5) is 0.242. The molecule has 0 spiro atoms. The molecule has 0 aliphatic heterocycles. The Bertz CT molecular complexity index is 355. The monoisotopic (exact) mass is 217 g/mol. The Morgan fingerprint density at radius 1 is 1.64 bits per heavy atom. The van der Waals surface area contributed by atoms with Gasteiger partial charge in [-0.1, -0.05) is 0 Å². The Kier molecular flexibility index (Phi) is 3.60. The molecule has 0 fully saturated rings. The van der Waals surface area contributed by atoms with E-state index in [1.807, 2.05) is 0 Å². The zero-order chi connectivity index (χ0) is 10.7. The third-order valence-electron chi connectivity index (χ3n) is 1.61. The van der Waals surface area contributed by atoms with Gasteiger partial charge in [-0.25, -0.2) is 4.39 Å². The Balaban J connectivity index is 2.94. The average molecular weight is 217 g/mol. The normalized spacial score (nSPS) is 15.1. The minimum absolute atomic E-state index is 0.0631. The number of benzene rings is 1. The first kappa shape index (κ1) is 11.1. The highest BCUT2D eigenvalue weighted by atomic mass is 32.2. The Morgan fingerprint density at radius 2 is 2.29 bits per heavy atom. The third kappa shape index (κ3) is 2.78. The van der Waals surface area contributed by atoms with Crippen LogP contribution in [0.25, 0.3) is 0 Å². The molecule has 3 N–H and O–H groups in total. The van der Waals surface area contributed by atoms with Crippen LogP contribution in [-0.4, -0.2) is 21.2 Å². The number of hydrogen-bond acceptors (Lipinski definition) is 3. The zero-order valence-corrected chi connectivity index (χ0v) is 8.55. The van der Waals surface area contributed by atoms with Crippen LogP contribution < -0.4 is 5.73 Å². The van der Waals surface area contributed by atoms with E-state index >= 15 is 0 Å². The van der Waals surface area contributed by atoms with Crippen molar-refractivity contribution in [3.63, 3.8) is 0 Å². The van der Waals surface area contributed by atoms with Crippen LogP contribution in [0.1, 0.15) is 6.92 Å². The molecule has 78 valence electrons. The smallest absolute Gasteiger partial charge is 0.124 e. The molecule has 14 heavy (non-hydrogen) atoms. The molecule has 2 unspecified atom stereocenters. The zero-order valence-electron chi connectivity index (χ0n) is 7.74. The second kappa shape index (κ2) is 4.52. The molecule has 0 amide bonds. The van der Waals surface area contributed by atoms with Crippen LogP contribution in [0.15, 0.2) is 23.1 Å². The lowest BCUT2D eigenvalue weighted by molar-refractivity contribution is 0.219. The molecule has 1 rings (SSSR count). The predicted molar refractivity (Wildman–Crippen MR) is 53.8 cm³/mol. The Morgan fingerprint density at radius 3 is 2.86 bits per heavy atom. The van der Waals surface area contributed by atoms with E-state index in [0.717, 1.165) is 6.07 Å². The van der Waals surface area contributed by atoms with Gasteiger partial charge in [0.1, 0.15) is 5.82 Å². The number of hydrogen-bond donors (Lipinski definition) is 2. The number of aliphatic hydroxyl groups is 1. The van der Waals surface area contributed by atoms with Gasteiger partial charge in [-0.2, -0.15) is 0 Å². The number of nitrogens with two attached hydrogens (primary N) is 1. The van der Waals surface area contributed by atoms with Crippen LogP contribution in [-0.2, 0) is 10.8 Å². The van der Waals surface area contributed by atoms with Gasteiger partial charge in [0.05, 0.1) is 27.6 Å². The van der Waals surface area contributed by atoms with Crippen LogP contribution in [0.2, 0.25) is 0 Å². The van der Waals surface area contributed by atoms with E-state index in [0.29, 0.717) is 0 Å². The van der Waals surface area contributed by atoms with Crippen molar-refractivity contribution in [1.82, 2.24) is 0 Å². The standard InChI is InChI=1S/C9H12FNO2S/c1-6(12)5-14(13)9-4-7(10)2-3-8(9)11/h2-4,6,12H,5,11H2,1H3. The van der Waals surface area contributed by atoms with Crippen molar-refractivity contribution in [1.29, 1.82) is 0 Å². The fourth-order valence-corrected chi connectivity index (χ4v) is 2.21. The van der Waals surface area contributed by atoms with Crippen molar-refractivity contribution in [2.75, 3.05) is 11.5 Å². The lowest BCUT2D eigenvalue weighted by Gasteiger charge is -2.07. The molecule has 1 aromatic carbocycles. The van der Waals surface area contributed by atoms with Crippen molar-refractivity contribution in [2.45, 2.75) is 17.9 Å². The van der Waals surface area contributed by atoms with E-state index < -0.39 is 22.7 Å². The van der Waals surface area contributed by atoms with Gasteiger partial charge in [0.2, 0.25) is 0 Å². The Hall–Kier alpha value is -0.940. The van der Waals surface area contributed by atoms with Crippen molar-refractivity contribution in [2.24, 2.45) is 0 Å². The molecule has 0 aliphatic rings. The van der Waals surface area contributed by atoms with E-state index in [9.17, 15) is 8.60 Å². The van der Waals surface area contributed by atoms with Crippen LogP contribution in [0, 0.1) is 5.82 Å². The molecule has 0 heterocycles. The average Bonchev–Trinajstić information content (AvgIpc) is 2.08. The summed E-state index contributed by atoms with van der Waals surface area (Å²) in [5, 5.41) is 9.02. The Labute approximate surface area is 84.2 Å². The van der Waals surface area contributed by atoms with Gasteiger partial charge in [-0.3, -0.25) is 4.21 Å². The van der Waals surface area contributed by atoms with Crippen LogP contribution in [0.3, 0.4) is 0 Å². The SMILES string of the molecule is CC(O)CS(=O)c1cc(F)ccc1N. The molecule has 0 bridgehead atoms. The largest absolute Gasteiger partial charge is 0.398 e. The number of aliphatic hydroxyl groups excluding tert-OH is 1. The minimum atomic E-state index is -1.45. The van der Waals surface area contributed by atoms with E-state index in [4.69, 9.17) is 10.8 Å². The van der Waals surface area contributed by atoms with Gasteiger partial charge in [0.25, 0.3) is 0 Å². The van der Waals surface area contributed by atoms with Gasteiger partial charge in [0.15, 0.2) is 0 Å². The molecule has 3 nitrogen and oxygen atoms in total. The summed E-state index contributed by atoms with van der Waals surface area (Å²) in [5.41, 5.74) is 5.81. The highest BCUT2D eigenvalue weighted by molar-refractivity contribution is 7.85. The second-order valence-corrected chi connectivity index (χ2v) is 4.51. The number of nitrogen functional groups attached to an aromatic ring is 1. The molecule has 0 aromatic heterocycles. The molecule has 0 saturated carbocycles. The second-order valence-electron chi connectivity index (χ2n) is 3.04. The molecular weight excluding hydrogens is 205 g/mol. The molecule has 0 aliphatic carbocycles. The molecule has 5 heteroatoms. The highest BCUT2D eigenvalue weighted by Crippen LogP contribution is 2.18. The summed E-state index contributed by atoms with van der Waals surface area (Å²) in [6.45, 7) is 1.52. The van der Waals surface area contributed by atoms with Crippen LogP contribution >= 0.6 is 0 Å². The number of halogens is 1. The fraction of sp³-hybridized carbons (Fsp3) is 0.333. The summed E-state index contributed by atoms with van der Waals surface area (Å²) in [7, 11) is -1.45. The lowest BCUT2D eigenvalue weighted by atomic mass is 10.3. The minimum Gasteiger partial charge on any atom is -0.398 e. The quantitative estimate of drug-likeness (QED) is 0.739. The van der Waals surface area contributed by atoms with Crippen molar-refractivity contribution >= 4 is 16.5 Å². The first-order valence-electron chi connectivity index (χ1n) is 4.12. The van der Waals surface area contributed by atoms with Gasteiger partial charge in [-0.15, -0.1) is 0 Å². The maximum absolute atomic E-state index is 12.8. The first-order valence-corrected chi connectivity index (χ1v) is 5.44. The van der Waals surface area contributed by atoms with E-state index in [2.05, 4.69) is 0 Å². The molecular formula is C9H12FNO2S. The maximum atomic E-state index is 12.8. The van der Waals surface area contributed by atoms with Crippen LogP contribution in [0.5, 0.6) is 0 Å². The molecule has 0 radical (unpaired) electrons. The summed E-state index contributed by atoms with van der Waals surface area (Å²) in [6.07, 6.45) is -0.696. The molecule has 1 aromatic rings. The lowest BCUT2D eigenvalue weighted by Crippen LogP contribution is -2.13. The van der Waals surface area contributed by atoms with E-state index in [-0.39, 0.29) is 16.3 Å².